The maximum Gasteiger partial charge on any atom is 0.269 e. The van der Waals surface area contributed by atoms with E-state index >= 15 is 0 Å². The van der Waals surface area contributed by atoms with Gasteiger partial charge in [0.25, 0.3) is 5.69 Å². The lowest BCUT2D eigenvalue weighted by atomic mass is 10.1. The van der Waals surface area contributed by atoms with Gasteiger partial charge in [-0.25, -0.2) is 8.42 Å². The molecule has 1 heterocycles. The SMILES string of the molecule is C[C@H](OC[C@H](O)CN1CCN(S(=O)(=O)c2ccc([N+](=O)[O-])cc2)CC1)c1ccc(Cl)cc1. The van der Waals surface area contributed by atoms with Crippen molar-refractivity contribution in [2.24, 2.45) is 0 Å². The summed E-state index contributed by atoms with van der Waals surface area (Å²) in [5.74, 6) is 0. The third-order valence-corrected chi connectivity index (χ3v) is 7.53. The zero-order chi connectivity index (χ0) is 23.3. The summed E-state index contributed by atoms with van der Waals surface area (Å²) in [6.07, 6.45) is -0.895. The normalized spacial score (nSPS) is 17.7. The van der Waals surface area contributed by atoms with Gasteiger partial charge in [0.15, 0.2) is 0 Å². The van der Waals surface area contributed by atoms with E-state index in [4.69, 9.17) is 16.3 Å². The van der Waals surface area contributed by atoms with Gasteiger partial charge in [-0.05, 0) is 36.8 Å². The fourth-order valence-corrected chi connectivity index (χ4v) is 5.03. The predicted molar refractivity (Wildman–Crippen MR) is 120 cm³/mol. The number of piperazine rings is 1. The standard InChI is InChI=1S/C21H26ClN3O6S/c1-16(17-2-4-18(22)5-3-17)31-15-20(26)14-23-10-12-24(13-11-23)32(29,30)21-8-6-19(7-9-21)25(27)28/h2-9,16,20,26H,10-15H2,1H3/t16-,20+/m0/s1. The Morgan fingerprint density at radius 2 is 1.69 bits per heavy atom. The van der Waals surface area contributed by atoms with Crippen LogP contribution in [0.3, 0.4) is 0 Å². The first kappa shape index (κ1) is 24.6. The van der Waals surface area contributed by atoms with E-state index in [1.54, 1.807) is 12.1 Å². The molecule has 0 spiro atoms. The number of sulfonamides is 1. The molecule has 0 aromatic heterocycles. The Balaban J connectivity index is 1.46. The lowest BCUT2D eigenvalue weighted by Gasteiger charge is -2.35. The number of rotatable bonds is 9. The average Bonchev–Trinajstić information content (AvgIpc) is 2.78. The zero-order valence-corrected chi connectivity index (χ0v) is 19.2. The van der Waals surface area contributed by atoms with Crippen molar-refractivity contribution in [1.29, 1.82) is 0 Å². The second kappa shape index (κ2) is 10.7. The molecule has 0 amide bonds. The van der Waals surface area contributed by atoms with Crippen molar-refractivity contribution in [3.63, 3.8) is 0 Å². The fraction of sp³-hybridized carbons (Fsp3) is 0.429. The van der Waals surface area contributed by atoms with Crippen LogP contribution in [0.5, 0.6) is 0 Å². The number of hydrogen-bond acceptors (Lipinski definition) is 7. The average molecular weight is 484 g/mol. The minimum Gasteiger partial charge on any atom is -0.389 e. The summed E-state index contributed by atoms with van der Waals surface area (Å²) < 4.78 is 32.7. The van der Waals surface area contributed by atoms with E-state index in [0.717, 1.165) is 5.56 Å². The fourth-order valence-electron chi connectivity index (χ4n) is 3.48. The molecule has 0 bridgehead atoms. The van der Waals surface area contributed by atoms with E-state index in [1.165, 1.54) is 28.6 Å². The molecule has 3 rings (SSSR count). The Bertz CT molecular complexity index is 1010. The van der Waals surface area contributed by atoms with Crippen molar-refractivity contribution in [2.45, 2.75) is 24.0 Å². The second-order valence-corrected chi connectivity index (χ2v) is 10.0. The first-order chi connectivity index (χ1) is 15.2. The van der Waals surface area contributed by atoms with E-state index in [1.807, 2.05) is 24.0 Å². The summed E-state index contributed by atoms with van der Waals surface area (Å²) in [4.78, 5) is 12.2. The van der Waals surface area contributed by atoms with Crippen LogP contribution in [0.25, 0.3) is 0 Å². The van der Waals surface area contributed by atoms with Gasteiger partial charge >= 0.3 is 0 Å². The van der Waals surface area contributed by atoms with E-state index in [-0.39, 0.29) is 36.4 Å². The molecule has 0 unspecified atom stereocenters. The molecule has 1 N–H and O–H groups in total. The van der Waals surface area contributed by atoms with Crippen molar-refractivity contribution < 1.29 is 23.2 Å². The Labute approximate surface area is 192 Å². The minimum atomic E-state index is -3.72. The van der Waals surface area contributed by atoms with Crippen LogP contribution in [-0.2, 0) is 14.8 Å². The highest BCUT2D eigenvalue weighted by Gasteiger charge is 2.29. The van der Waals surface area contributed by atoms with Gasteiger partial charge in [-0.1, -0.05) is 23.7 Å². The number of nitrogens with zero attached hydrogens (tertiary/aromatic N) is 3. The summed E-state index contributed by atoms with van der Waals surface area (Å²) in [5.41, 5.74) is 0.807. The number of benzene rings is 2. The highest BCUT2D eigenvalue weighted by Crippen LogP contribution is 2.22. The van der Waals surface area contributed by atoms with Crippen LogP contribution >= 0.6 is 11.6 Å². The first-order valence-electron chi connectivity index (χ1n) is 10.2. The van der Waals surface area contributed by atoms with Gasteiger partial charge in [0, 0.05) is 49.9 Å². The maximum absolute atomic E-state index is 12.8. The highest BCUT2D eigenvalue weighted by atomic mass is 35.5. The highest BCUT2D eigenvalue weighted by molar-refractivity contribution is 7.89. The number of aliphatic hydroxyl groups is 1. The second-order valence-electron chi connectivity index (χ2n) is 7.64. The van der Waals surface area contributed by atoms with Crippen molar-refractivity contribution in [2.75, 3.05) is 39.3 Å². The largest absolute Gasteiger partial charge is 0.389 e. The summed E-state index contributed by atoms with van der Waals surface area (Å²) in [5, 5.41) is 21.8. The summed E-state index contributed by atoms with van der Waals surface area (Å²) in [6.45, 7) is 3.91. The molecule has 32 heavy (non-hydrogen) atoms. The molecular formula is C21H26ClN3O6S. The van der Waals surface area contributed by atoms with Crippen LogP contribution in [0.2, 0.25) is 5.02 Å². The van der Waals surface area contributed by atoms with Crippen molar-refractivity contribution in [1.82, 2.24) is 9.21 Å². The van der Waals surface area contributed by atoms with E-state index in [9.17, 15) is 23.6 Å². The predicted octanol–water partition coefficient (Wildman–Crippen LogP) is 2.69. The molecule has 1 fully saturated rings. The number of aliphatic hydroxyl groups excluding tert-OH is 1. The number of nitro benzene ring substituents is 1. The number of nitro groups is 1. The molecule has 0 aliphatic carbocycles. The number of hydrogen-bond donors (Lipinski definition) is 1. The van der Waals surface area contributed by atoms with Crippen LogP contribution in [0, 0.1) is 10.1 Å². The first-order valence-corrected chi connectivity index (χ1v) is 12.0. The number of β-amino-alcohol motifs (C(OH)–C–C–N with tert-alkyl or cyclic N) is 1. The van der Waals surface area contributed by atoms with Gasteiger partial charge in [0.1, 0.15) is 0 Å². The molecular weight excluding hydrogens is 458 g/mol. The molecule has 1 aliphatic heterocycles. The third-order valence-electron chi connectivity index (χ3n) is 5.36. The van der Waals surface area contributed by atoms with Gasteiger partial charge < -0.3 is 9.84 Å². The molecule has 1 saturated heterocycles. The van der Waals surface area contributed by atoms with Crippen LogP contribution in [0.4, 0.5) is 5.69 Å². The summed E-state index contributed by atoms with van der Waals surface area (Å²) >= 11 is 5.89. The minimum absolute atomic E-state index is 0.0289. The van der Waals surface area contributed by atoms with Crippen molar-refractivity contribution in [3.05, 3.63) is 69.2 Å². The van der Waals surface area contributed by atoms with Crippen LogP contribution in [-0.4, -0.2) is 73.1 Å². The smallest absolute Gasteiger partial charge is 0.269 e. The van der Waals surface area contributed by atoms with E-state index in [2.05, 4.69) is 0 Å². The van der Waals surface area contributed by atoms with Crippen molar-refractivity contribution in [3.8, 4) is 0 Å². The Hall–Kier alpha value is -2.08. The summed E-state index contributed by atoms with van der Waals surface area (Å²) in [6, 6.07) is 12.2. The maximum atomic E-state index is 12.8. The zero-order valence-electron chi connectivity index (χ0n) is 17.6. The lowest BCUT2D eigenvalue weighted by Crippen LogP contribution is -2.50. The molecule has 1 aliphatic rings. The number of non-ortho nitro benzene ring substituents is 1. The van der Waals surface area contributed by atoms with Crippen LogP contribution in [0.1, 0.15) is 18.6 Å². The van der Waals surface area contributed by atoms with Gasteiger partial charge in [0.05, 0.1) is 28.6 Å². The Kier molecular flexibility index (Phi) is 8.21. The third kappa shape index (κ3) is 6.25. The van der Waals surface area contributed by atoms with Crippen LogP contribution < -0.4 is 0 Å². The van der Waals surface area contributed by atoms with Crippen molar-refractivity contribution >= 4 is 27.3 Å². The number of ether oxygens (including phenoxy) is 1. The monoisotopic (exact) mass is 483 g/mol. The van der Waals surface area contributed by atoms with Gasteiger partial charge in [0.2, 0.25) is 10.0 Å². The molecule has 0 radical (unpaired) electrons. The molecule has 11 heteroatoms. The Morgan fingerprint density at radius 1 is 1.09 bits per heavy atom. The van der Waals surface area contributed by atoms with Crippen LogP contribution in [0.15, 0.2) is 53.4 Å². The lowest BCUT2D eigenvalue weighted by molar-refractivity contribution is -0.384. The summed E-state index contributed by atoms with van der Waals surface area (Å²) in [7, 11) is -3.72. The molecule has 0 saturated carbocycles. The van der Waals surface area contributed by atoms with E-state index in [0.29, 0.717) is 24.7 Å². The van der Waals surface area contributed by atoms with Gasteiger partial charge in [-0.3, -0.25) is 15.0 Å². The molecule has 2 aromatic carbocycles. The van der Waals surface area contributed by atoms with Gasteiger partial charge in [-0.15, -0.1) is 0 Å². The quantitative estimate of drug-likeness (QED) is 0.431. The molecule has 9 nitrogen and oxygen atoms in total. The topological polar surface area (TPSA) is 113 Å². The molecule has 2 aromatic rings. The molecule has 2 atom stereocenters. The van der Waals surface area contributed by atoms with E-state index < -0.39 is 21.1 Å². The molecule has 174 valence electrons. The number of halogens is 1. The van der Waals surface area contributed by atoms with Gasteiger partial charge in [-0.2, -0.15) is 4.31 Å². The Morgan fingerprint density at radius 3 is 2.25 bits per heavy atom.